The van der Waals surface area contributed by atoms with E-state index in [9.17, 15) is 0 Å². The highest BCUT2D eigenvalue weighted by atomic mass is 127. The van der Waals surface area contributed by atoms with Crippen LogP contribution in [0.15, 0.2) is 0 Å². The van der Waals surface area contributed by atoms with Gasteiger partial charge in [0.1, 0.15) is 29.6 Å². The molecule has 0 heterocycles. The molecule has 0 aliphatic rings. The number of hydrogen-bond acceptors (Lipinski definition) is 1. The molecule has 0 saturated carbocycles. The summed E-state index contributed by atoms with van der Waals surface area (Å²) < 4.78 is 6.34. The SMILES string of the molecule is C[N+](C)(C)CC(I)OI.[Cl-]. The van der Waals surface area contributed by atoms with E-state index in [0.29, 0.717) is 4.11 Å². The summed E-state index contributed by atoms with van der Waals surface area (Å²) in [5.74, 6) is 0. The Kier molecular flexibility index (Phi) is 8.83. The van der Waals surface area contributed by atoms with E-state index in [1.54, 1.807) is 0 Å². The molecule has 1 atom stereocenters. The molecule has 0 aromatic heterocycles. The molecule has 0 rings (SSSR count). The lowest BCUT2D eigenvalue weighted by Gasteiger charge is -2.25. The third-order valence-electron chi connectivity index (χ3n) is 0.788. The van der Waals surface area contributed by atoms with Gasteiger partial charge in [-0.3, -0.25) is 3.07 Å². The van der Waals surface area contributed by atoms with Crippen LogP contribution in [-0.2, 0) is 3.07 Å². The number of nitrogens with zero attached hydrogens (tertiary/aromatic N) is 1. The van der Waals surface area contributed by atoms with Crippen molar-refractivity contribution in [2.24, 2.45) is 0 Å². The topological polar surface area (TPSA) is 9.23 Å². The van der Waals surface area contributed by atoms with Gasteiger partial charge in [0.25, 0.3) is 0 Å². The van der Waals surface area contributed by atoms with Crippen molar-refractivity contribution in [1.82, 2.24) is 0 Å². The first kappa shape index (κ1) is 14.2. The van der Waals surface area contributed by atoms with Crippen molar-refractivity contribution in [2.75, 3.05) is 27.7 Å². The number of hydrogen-bond donors (Lipinski definition) is 0. The van der Waals surface area contributed by atoms with Crippen LogP contribution in [0.25, 0.3) is 0 Å². The first-order valence-corrected chi connectivity index (χ1v) is 4.80. The molecular formula is C5H12ClI2NO. The zero-order valence-electron chi connectivity index (χ0n) is 6.27. The molecule has 0 radical (unpaired) electrons. The lowest BCUT2D eigenvalue weighted by molar-refractivity contribution is -0.870. The van der Waals surface area contributed by atoms with Crippen LogP contribution < -0.4 is 12.4 Å². The van der Waals surface area contributed by atoms with Crippen molar-refractivity contribution in [2.45, 2.75) is 4.11 Å². The van der Waals surface area contributed by atoms with Crippen molar-refractivity contribution >= 4 is 45.6 Å². The van der Waals surface area contributed by atoms with Crippen LogP contribution in [0.2, 0.25) is 0 Å². The Bertz CT molecular complexity index is 86.2. The van der Waals surface area contributed by atoms with E-state index in [-0.39, 0.29) is 12.4 Å². The zero-order chi connectivity index (χ0) is 7.49. The minimum atomic E-state index is 0. The highest BCUT2D eigenvalue weighted by Gasteiger charge is 2.13. The molecule has 64 valence electrons. The molecule has 2 nitrogen and oxygen atoms in total. The molecule has 1 unspecified atom stereocenters. The van der Waals surface area contributed by atoms with Crippen LogP contribution in [-0.4, -0.2) is 36.3 Å². The summed E-state index contributed by atoms with van der Waals surface area (Å²) in [5.41, 5.74) is 0. The second kappa shape index (κ2) is 6.22. The summed E-state index contributed by atoms with van der Waals surface area (Å²) in [6.07, 6.45) is 0. The highest BCUT2D eigenvalue weighted by molar-refractivity contribution is 14.1. The number of likely N-dealkylation sites (N-methyl/N-ethyl adjacent to an activating group) is 1. The van der Waals surface area contributed by atoms with Crippen molar-refractivity contribution < 1.29 is 20.0 Å². The van der Waals surface area contributed by atoms with E-state index < -0.39 is 0 Å². The molecule has 0 bridgehead atoms. The van der Waals surface area contributed by atoms with Gasteiger partial charge in [0.2, 0.25) is 0 Å². The van der Waals surface area contributed by atoms with Crippen LogP contribution in [0.1, 0.15) is 0 Å². The number of halogens is 3. The van der Waals surface area contributed by atoms with Crippen LogP contribution in [0, 0.1) is 0 Å². The molecule has 10 heavy (non-hydrogen) atoms. The molecule has 5 heteroatoms. The fraction of sp³-hybridized carbons (Fsp3) is 1.00. The van der Waals surface area contributed by atoms with E-state index >= 15 is 0 Å². The van der Waals surface area contributed by atoms with Crippen LogP contribution >= 0.6 is 45.6 Å². The first-order chi connectivity index (χ1) is 3.95. The largest absolute Gasteiger partial charge is 1.00 e. The lowest BCUT2D eigenvalue weighted by Crippen LogP contribution is -3.00. The van der Waals surface area contributed by atoms with E-state index in [2.05, 4.69) is 43.7 Å². The maximum absolute atomic E-state index is 5.07. The summed E-state index contributed by atoms with van der Waals surface area (Å²) in [5, 5.41) is 0. The Morgan fingerprint density at radius 1 is 1.40 bits per heavy atom. The number of rotatable bonds is 3. The van der Waals surface area contributed by atoms with Crippen LogP contribution in [0.4, 0.5) is 0 Å². The summed E-state index contributed by atoms with van der Waals surface area (Å²) in [7, 11) is 6.46. The Morgan fingerprint density at radius 2 is 1.80 bits per heavy atom. The predicted molar refractivity (Wildman–Crippen MR) is 55.8 cm³/mol. The normalized spacial score (nSPS) is 14.1. The van der Waals surface area contributed by atoms with Gasteiger partial charge >= 0.3 is 0 Å². The molecule has 0 amide bonds. The molecule has 0 saturated heterocycles. The van der Waals surface area contributed by atoms with Gasteiger partial charge in [-0.1, -0.05) is 0 Å². The monoisotopic (exact) mass is 391 g/mol. The fourth-order valence-electron chi connectivity index (χ4n) is 0.459. The predicted octanol–water partition coefficient (Wildman–Crippen LogP) is -1.18. The quantitative estimate of drug-likeness (QED) is 0.335. The van der Waals surface area contributed by atoms with E-state index in [1.165, 1.54) is 0 Å². The Balaban J connectivity index is 0. The fourth-order valence-corrected chi connectivity index (χ4v) is 1.80. The molecule has 0 aliphatic heterocycles. The highest BCUT2D eigenvalue weighted by Crippen LogP contribution is 2.10. The molecule has 0 aliphatic carbocycles. The maximum atomic E-state index is 5.07. The molecular weight excluding hydrogens is 379 g/mol. The van der Waals surface area contributed by atoms with E-state index in [1.807, 2.05) is 23.0 Å². The average Bonchev–Trinajstić information content (AvgIpc) is 1.62. The van der Waals surface area contributed by atoms with Gasteiger partial charge < -0.3 is 16.9 Å². The Morgan fingerprint density at radius 3 is 1.90 bits per heavy atom. The van der Waals surface area contributed by atoms with Gasteiger partial charge in [0.05, 0.1) is 21.1 Å². The standard InChI is InChI=1S/C5H12I2NO.ClH/c1-8(2,3)4-5(6)9-7;/h5H,4H2,1-3H3;1H/q+1;/p-1. The van der Waals surface area contributed by atoms with Crippen LogP contribution in [0.3, 0.4) is 0 Å². The summed E-state index contributed by atoms with van der Waals surface area (Å²) in [6.45, 7) is 1.05. The van der Waals surface area contributed by atoms with Crippen molar-refractivity contribution in [3.8, 4) is 0 Å². The van der Waals surface area contributed by atoms with Gasteiger partial charge in [-0.2, -0.15) is 0 Å². The number of quaternary nitrogens is 1. The van der Waals surface area contributed by atoms with Crippen molar-refractivity contribution in [3.05, 3.63) is 0 Å². The molecule has 0 fully saturated rings. The lowest BCUT2D eigenvalue weighted by atomic mass is 10.5. The van der Waals surface area contributed by atoms with E-state index in [4.69, 9.17) is 3.07 Å². The smallest absolute Gasteiger partial charge is 0.169 e. The van der Waals surface area contributed by atoms with Crippen molar-refractivity contribution in [3.63, 3.8) is 0 Å². The minimum Gasteiger partial charge on any atom is -1.00 e. The third-order valence-corrected chi connectivity index (χ3v) is 3.02. The second-order valence-corrected chi connectivity index (χ2v) is 4.87. The minimum absolute atomic E-state index is 0. The van der Waals surface area contributed by atoms with Gasteiger partial charge in [0.15, 0.2) is 4.11 Å². The maximum Gasteiger partial charge on any atom is 0.169 e. The Labute approximate surface area is 96.5 Å². The van der Waals surface area contributed by atoms with Gasteiger partial charge in [-0.15, -0.1) is 0 Å². The number of alkyl halides is 1. The summed E-state index contributed by atoms with van der Waals surface area (Å²) >= 11 is 4.22. The average molecular weight is 391 g/mol. The molecule has 0 aromatic carbocycles. The van der Waals surface area contributed by atoms with Gasteiger partial charge in [-0.05, 0) is 22.6 Å². The Hall–Kier alpha value is 1.67. The third kappa shape index (κ3) is 9.67. The molecule has 0 spiro atoms. The van der Waals surface area contributed by atoms with E-state index in [0.717, 1.165) is 11.0 Å². The zero-order valence-corrected chi connectivity index (χ0v) is 11.3. The summed E-state index contributed by atoms with van der Waals surface area (Å²) in [4.78, 5) is 0. The first-order valence-electron chi connectivity index (χ1n) is 2.67. The van der Waals surface area contributed by atoms with Crippen LogP contribution in [0.5, 0.6) is 0 Å². The van der Waals surface area contributed by atoms with Gasteiger partial charge in [0, 0.05) is 0 Å². The molecule has 0 aromatic rings. The molecule has 0 N–H and O–H groups in total. The van der Waals surface area contributed by atoms with Gasteiger partial charge in [-0.25, -0.2) is 0 Å². The summed E-state index contributed by atoms with van der Waals surface area (Å²) in [6, 6.07) is 0. The second-order valence-electron chi connectivity index (χ2n) is 2.97. The van der Waals surface area contributed by atoms with Crippen molar-refractivity contribution in [1.29, 1.82) is 0 Å².